The summed E-state index contributed by atoms with van der Waals surface area (Å²) in [7, 11) is 0. The molecule has 1 aliphatic heterocycles. The maximum atomic E-state index is 14.3. The second-order valence-corrected chi connectivity index (χ2v) is 8.83. The lowest BCUT2D eigenvalue weighted by atomic mass is 9.94. The molecule has 0 spiro atoms. The number of anilines is 2. The average Bonchev–Trinajstić information content (AvgIpc) is 3.15. The Balaban J connectivity index is 1.61. The van der Waals surface area contributed by atoms with Crippen LogP contribution < -0.4 is 10.2 Å². The number of hydrogen-bond acceptors (Lipinski definition) is 2. The molecule has 194 valence electrons. The molecule has 3 aromatic carbocycles. The summed E-state index contributed by atoms with van der Waals surface area (Å²) < 4.78 is 92.5. The molecule has 0 aliphatic carbocycles. The Hall–Kier alpha value is -3.31. The van der Waals surface area contributed by atoms with Crippen molar-refractivity contribution in [1.82, 2.24) is 0 Å². The Labute approximate surface area is 214 Å². The number of alkyl halides is 7. The Morgan fingerprint density at radius 3 is 2.08 bits per heavy atom. The van der Waals surface area contributed by atoms with Crippen molar-refractivity contribution in [3.63, 3.8) is 0 Å². The number of amides is 2. The largest absolute Gasteiger partial charge is 0.435 e. The first-order chi connectivity index (χ1) is 17.1. The summed E-state index contributed by atoms with van der Waals surface area (Å²) in [6.07, 6.45) is -12.6. The molecular weight excluding hydrogens is 552 g/mol. The van der Waals surface area contributed by atoms with Gasteiger partial charge in [-0.05, 0) is 42.0 Å². The normalized spacial score (nSPS) is 14.1. The van der Waals surface area contributed by atoms with Crippen LogP contribution in [0.15, 0.2) is 60.7 Å². The lowest BCUT2D eigenvalue weighted by Crippen LogP contribution is -2.50. The molecule has 4 nitrogen and oxygen atoms in total. The van der Waals surface area contributed by atoms with E-state index in [9.17, 15) is 40.3 Å². The first kappa shape index (κ1) is 26.7. The predicted octanol–water partition coefficient (Wildman–Crippen LogP) is 7.70. The van der Waals surface area contributed by atoms with Crippen LogP contribution in [-0.4, -0.2) is 24.2 Å². The van der Waals surface area contributed by atoms with E-state index in [0.29, 0.717) is 17.3 Å². The standard InChI is InChI=1S/C24H13Cl2F7N2O2/c25-17-7-6-14(35-11-12-3-1-2-4-15(12)21(35)37)10-16(17)20(36)34-19-8-5-13(9-18(19)26)22(27,23(28,29)30)24(31,32)33/h1-10H,11H2,(H,34,36). The number of rotatable bonds is 4. The minimum atomic E-state index is -6.32. The minimum Gasteiger partial charge on any atom is -0.321 e. The molecule has 0 bridgehead atoms. The molecule has 0 atom stereocenters. The predicted molar refractivity (Wildman–Crippen MR) is 123 cm³/mol. The van der Waals surface area contributed by atoms with Crippen LogP contribution in [0.25, 0.3) is 0 Å². The van der Waals surface area contributed by atoms with Crippen LogP contribution in [0, 0.1) is 0 Å². The van der Waals surface area contributed by atoms with E-state index in [4.69, 9.17) is 23.2 Å². The van der Waals surface area contributed by atoms with Gasteiger partial charge in [0.1, 0.15) is 0 Å². The molecule has 2 amide bonds. The van der Waals surface area contributed by atoms with Crippen molar-refractivity contribution in [3.05, 3.63) is 93.0 Å². The van der Waals surface area contributed by atoms with Crippen LogP contribution in [-0.2, 0) is 12.2 Å². The second kappa shape index (κ2) is 9.21. The Kier molecular flexibility index (Phi) is 6.66. The van der Waals surface area contributed by atoms with Crippen LogP contribution in [0.2, 0.25) is 10.0 Å². The molecular formula is C24H13Cl2F7N2O2. The SMILES string of the molecule is O=C(Nc1ccc(C(F)(C(F)(F)F)C(F)(F)F)cc1Cl)c1cc(N2Cc3ccccc3C2=O)ccc1Cl. The van der Waals surface area contributed by atoms with Gasteiger partial charge in [-0.3, -0.25) is 9.59 Å². The van der Waals surface area contributed by atoms with E-state index in [0.717, 1.165) is 5.56 Å². The van der Waals surface area contributed by atoms with Gasteiger partial charge in [-0.2, -0.15) is 26.3 Å². The number of hydrogen-bond donors (Lipinski definition) is 1. The summed E-state index contributed by atoms with van der Waals surface area (Å²) in [4.78, 5) is 27.0. The van der Waals surface area contributed by atoms with Gasteiger partial charge in [-0.1, -0.05) is 47.5 Å². The number of nitrogens with zero attached hydrogens (tertiary/aromatic N) is 1. The van der Waals surface area contributed by atoms with E-state index in [1.54, 1.807) is 24.3 Å². The van der Waals surface area contributed by atoms with Crippen LogP contribution in [0.1, 0.15) is 31.8 Å². The van der Waals surface area contributed by atoms with Crippen LogP contribution in [0.4, 0.5) is 42.1 Å². The number of carbonyl (C=O) groups excluding carboxylic acids is 2. The van der Waals surface area contributed by atoms with Crippen molar-refractivity contribution in [2.75, 3.05) is 10.2 Å². The lowest BCUT2D eigenvalue weighted by Gasteiger charge is -2.30. The molecule has 0 radical (unpaired) electrons. The Bertz CT molecular complexity index is 1390. The van der Waals surface area contributed by atoms with Gasteiger partial charge < -0.3 is 10.2 Å². The fraction of sp³-hybridized carbons (Fsp3) is 0.167. The summed E-state index contributed by atoms with van der Waals surface area (Å²) in [6, 6.07) is 12.0. The van der Waals surface area contributed by atoms with E-state index in [2.05, 4.69) is 5.32 Å². The number of carbonyl (C=O) groups is 2. The van der Waals surface area contributed by atoms with E-state index >= 15 is 0 Å². The number of benzene rings is 3. The van der Waals surface area contributed by atoms with Gasteiger partial charge in [0.2, 0.25) is 0 Å². The highest BCUT2D eigenvalue weighted by atomic mass is 35.5. The highest BCUT2D eigenvalue weighted by molar-refractivity contribution is 6.36. The third-order valence-electron chi connectivity index (χ3n) is 5.72. The van der Waals surface area contributed by atoms with Gasteiger partial charge in [-0.25, -0.2) is 4.39 Å². The summed E-state index contributed by atoms with van der Waals surface area (Å²) in [5.74, 6) is -1.24. The molecule has 0 fully saturated rings. The smallest absolute Gasteiger partial charge is 0.321 e. The van der Waals surface area contributed by atoms with E-state index in [-0.39, 0.29) is 35.2 Å². The van der Waals surface area contributed by atoms with Gasteiger partial charge in [0.15, 0.2) is 0 Å². The van der Waals surface area contributed by atoms with Crippen LogP contribution >= 0.6 is 23.2 Å². The first-order valence-corrected chi connectivity index (χ1v) is 11.0. The van der Waals surface area contributed by atoms with Crippen molar-refractivity contribution in [2.45, 2.75) is 24.6 Å². The number of nitrogens with one attached hydrogen (secondary N) is 1. The topological polar surface area (TPSA) is 49.4 Å². The quantitative estimate of drug-likeness (QED) is 0.330. The molecule has 3 aromatic rings. The van der Waals surface area contributed by atoms with Gasteiger partial charge in [0, 0.05) is 16.8 Å². The summed E-state index contributed by atoms with van der Waals surface area (Å²) in [5, 5.41) is 1.39. The van der Waals surface area contributed by atoms with Crippen LogP contribution in [0.3, 0.4) is 0 Å². The van der Waals surface area contributed by atoms with Crippen molar-refractivity contribution in [3.8, 4) is 0 Å². The highest BCUT2D eigenvalue weighted by Crippen LogP contribution is 2.53. The zero-order chi connectivity index (χ0) is 27.3. The van der Waals surface area contributed by atoms with Gasteiger partial charge >= 0.3 is 18.0 Å². The maximum Gasteiger partial charge on any atom is 0.435 e. The fourth-order valence-corrected chi connectivity index (χ4v) is 4.26. The molecule has 0 saturated carbocycles. The van der Waals surface area contributed by atoms with Crippen molar-refractivity contribution < 1.29 is 40.3 Å². The Morgan fingerprint density at radius 2 is 1.49 bits per heavy atom. The van der Waals surface area contributed by atoms with Crippen molar-refractivity contribution in [1.29, 1.82) is 0 Å². The van der Waals surface area contributed by atoms with Crippen molar-refractivity contribution in [2.24, 2.45) is 0 Å². The van der Waals surface area contributed by atoms with E-state index in [1.807, 2.05) is 0 Å². The molecule has 0 aromatic heterocycles. The molecule has 13 heteroatoms. The summed E-state index contributed by atoms with van der Waals surface area (Å²) in [5.41, 5.74) is -6.47. The minimum absolute atomic E-state index is 0.0601. The van der Waals surface area contributed by atoms with E-state index < -0.39 is 40.2 Å². The van der Waals surface area contributed by atoms with Crippen molar-refractivity contribution >= 4 is 46.4 Å². The zero-order valence-electron chi connectivity index (χ0n) is 18.1. The maximum absolute atomic E-state index is 14.3. The first-order valence-electron chi connectivity index (χ1n) is 10.3. The molecule has 37 heavy (non-hydrogen) atoms. The van der Waals surface area contributed by atoms with Gasteiger partial charge in [0.25, 0.3) is 11.8 Å². The number of fused-ring (bicyclic) bond motifs is 1. The van der Waals surface area contributed by atoms with Gasteiger partial charge in [-0.15, -0.1) is 0 Å². The molecule has 0 unspecified atom stereocenters. The molecule has 1 N–H and O–H groups in total. The Morgan fingerprint density at radius 1 is 0.838 bits per heavy atom. The van der Waals surface area contributed by atoms with Gasteiger partial charge in [0.05, 0.1) is 27.8 Å². The number of halogens is 9. The fourth-order valence-electron chi connectivity index (χ4n) is 3.83. The lowest BCUT2D eigenvalue weighted by molar-refractivity contribution is -0.348. The molecule has 4 rings (SSSR count). The monoisotopic (exact) mass is 564 g/mol. The second-order valence-electron chi connectivity index (χ2n) is 8.02. The average molecular weight is 565 g/mol. The summed E-state index contributed by atoms with van der Waals surface area (Å²) in [6.45, 7) is 0.231. The molecule has 1 heterocycles. The molecule has 0 saturated heterocycles. The summed E-state index contributed by atoms with van der Waals surface area (Å²) >= 11 is 11.9. The molecule has 1 aliphatic rings. The third-order valence-corrected chi connectivity index (χ3v) is 6.37. The highest BCUT2D eigenvalue weighted by Gasteiger charge is 2.73. The third kappa shape index (κ3) is 4.61. The zero-order valence-corrected chi connectivity index (χ0v) is 19.7. The van der Waals surface area contributed by atoms with E-state index in [1.165, 1.54) is 23.1 Å². The van der Waals surface area contributed by atoms with Crippen LogP contribution in [0.5, 0.6) is 0 Å².